The van der Waals surface area contributed by atoms with E-state index in [4.69, 9.17) is 9.47 Å². The molecule has 2 amide bonds. The van der Waals surface area contributed by atoms with Gasteiger partial charge in [-0.15, -0.1) is 0 Å². The number of benzene rings is 4. The van der Waals surface area contributed by atoms with E-state index in [1.54, 1.807) is 48.5 Å². The molecule has 0 fully saturated rings. The van der Waals surface area contributed by atoms with Crippen molar-refractivity contribution in [3.63, 3.8) is 0 Å². The molecule has 4 aromatic rings. The van der Waals surface area contributed by atoms with Gasteiger partial charge in [-0.2, -0.15) is 0 Å². The van der Waals surface area contributed by atoms with Crippen LogP contribution in [-0.2, 0) is 4.74 Å². The van der Waals surface area contributed by atoms with Gasteiger partial charge in [-0.25, -0.2) is 9.69 Å². The van der Waals surface area contributed by atoms with Gasteiger partial charge >= 0.3 is 5.97 Å². The van der Waals surface area contributed by atoms with E-state index in [1.807, 2.05) is 39.0 Å². The zero-order valence-corrected chi connectivity index (χ0v) is 21.7. The standard InChI is InChI=1S/C32H25NO6/c1-19-5-8-22(9-6-19)28(34)18-38-32(37)23-10-15-26-27(17-23)31(36)33(30(26)35)24-11-13-25(14-12-24)39-29-16-20(2)4-7-21(29)3/h4-17H,18H2,1-3H3. The number of imide groups is 1. The first-order valence-corrected chi connectivity index (χ1v) is 12.4. The van der Waals surface area contributed by atoms with E-state index >= 15 is 0 Å². The number of rotatable bonds is 7. The second-order valence-electron chi connectivity index (χ2n) is 9.44. The fourth-order valence-corrected chi connectivity index (χ4v) is 4.25. The lowest BCUT2D eigenvalue weighted by molar-refractivity contribution is 0.0474. The molecule has 1 aliphatic rings. The third-order valence-corrected chi connectivity index (χ3v) is 6.50. The smallest absolute Gasteiger partial charge is 0.338 e. The molecule has 0 bridgehead atoms. The first-order valence-electron chi connectivity index (χ1n) is 12.4. The van der Waals surface area contributed by atoms with E-state index in [-0.39, 0.29) is 22.5 Å². The second-order valence-corrected chi connectivity index (χ2v) is 9.44. The number of fused-ring (bicyclic) bond motifs is 1. The molecule has 1 aliphatic heterocycles. The summed E-state index contributed by atoms with van der Waals surface area (Å²) in [5.74, 6) is -0.856. The average molecular weight is 520 g/mol. The van der Waals surface area contributed by atoms with Crippen LogP contribution in [0.25, 0.3) is 0 Å². The Hall–Kier alpha value is -5.04. The van der Waals surface area contributed by atoms with Crippen LogP contribution < -0.4 is 9.64 Å². The van der Waals surface area contributed by atoms with E-state index in [2.05, 4.69) is 0 Å². The molecule has 5 rings (SSSR count). The summed E-state index contributed by atoms with van der Waals surface area (Å²) >= 11 is 0. The number of esters is 1. The first kappa shape index (κ1) is 25.6. The fourth-order valence-electron chi connectivity index (χ4n) is 4.25. The van der Waals surface area contributed by atoms with Gasteiger partial charge in [-0.1, -0.05) is 42.0 Å². The number of hydrogen-bond acceptors (Lipinski definition) is 6. The predicted octanol–water partition coefficient (Wildman–Crippen LogP) is 6.24. The van der Waals surface area contributed by atoms with Crippen LogP contribution in [0.1, 0.15) is 58.1 Å². The van der Waals surface area contributed by atoms with Crippen LogP contribution >= 0.6 is 0 Å². The lowest BCUT2D eigenvalue weighted by atomic mass is 10.1. The summed E-state index contributed by atoms with van der Waals surface area (Å²) in [6, 6.07) is 23.7. The number of aryl methyl sites for hydroxylation is 3. The average Bonchev–Trinajstić information content (AvgIpc) is 3.19. The lowest BCUT2D eigenvalue weighted by Crippen LogP contribution is -2.29. The molecule has 0 aromatic heterocycles. The minimum absolute atomic E-state index is 0.0747. The lowest BCUT2D eigenvalue weighted by Gasteiger charge is -2.15. The van der Waals surface area contributed by atoms with Gasteiger partial charge in [0.2, 0.25) is 0 Å². The van der Waals surface area contributed by atoms with Crippen LogP contribution in [0, 0.1) is 20.8 Å². The number of anilines is 1. The molecule has 0 radical (unpaired) electrons. The molecule has 0 spiro atoms. The largest absolute Gasteiger partial charge is 0.457 e. The number of ether oxygens (including phenoxy) is 2. The van der Waals surface area contributed by atoms with Crippen molar-refractivity contribution in [1.82, 2.24) is 0 Å². The number of nitrogens with zero attached hydrogens (tertiary/aromatic N) is 1. The molecule has 0 unspecified atom stereocenters. The Balaban J connectivity index is 1.28. The third kappa shape index (κ3) is 5.20. The number of carbonyl (C=O) groups is 4. The van der Waals surface area contributed by atoms with Gasteiger partial charge in [0.15, 0.2) is 12.4 Å². The highest BCUT2D eigenvalue weighted by molar-refractivity contribution is 6.34. The van der Waals surface area contributed by atoms with Crippen molar-refractivity contribution in [2.24, 2.45) is 0 Å². The van der Waals surface area contributed by atoms with Crippen molar-refractivity contribution in [3.05, 3.63) is 124 Å². The van der Waals surface area contributed by atoms with Crippen molar-refractivity contribution in [2.45, 2.75) is 20.8 Å². The van der Waals surface area contributed by atoms with Crippen LogP contribution in [0.4, 0.5) is 5.69 Å². The van der Waals surface area contributed by atoms with Crippen LogP contribution in [0.3, 0.4) is 0 Å². The molecule has 0 aliphatic carbocycles. The molecule has 0 atom stereocenters. The fraction of sp³-hybridized carbons (Fsp3) is 0.125. The van der Waals surface area contributed by atoms with E-state index in [0.717, 1.165) is 27.3 Å². The SMILES string of the molecule is Cc1ccc(C(=O)COC(=O)c2ccc3c(c2)C(=O)N(c2ccc(Oc4cc(C)ccc4C)cc2)C3=O)cc1. The van der Waals surface area contributed by atoms with Gasteiger partial charge in [0.05, 0.1) is 22.4 Å². The molecular formula is C32H25NO6. The van der Waals surface area contributed by atoms with Crippen LogP contribution in [-0.4, -0.2) is 30.2 Å². The molecule has 0 saturated carbocycles. The Kier molecular flexibility index (Phi) is 6.81. The molecule has 0 N–H and O–H groups in total. The van der Waals surface area contributed by atoms with Crippen molar-refractivity contribution in [2.75, 3.05) is 11.5 Å². The van der Waals surface area contributed by atoms with Gasteiger partial charge in [0.1, 0.15) is 11.5 Å². The van der Waals surface area contributed by atoms with Gasteiger partial charge in [0, 0.05) is 5.56 Å². The zero-order valence-electron chi connectivity index (χ0n) is 21.7. The quantitative estimate of drug-likeness (QED) is 0.163. The van der Waals surface area contributed by atoms with Gasteiger partial charge in [-0.05, 0) is 80.4 Å². The van der Waals surface area contributed by atoms with Gasteiger partial charge in [0.25, 0.3) is 11.8 Å². The Labute approximate surface area is 225 Å². The molecule has 194 valence electrons. The molecule has 4 aromatic carbocycles. The Bertz CT molecular complexity index is 1620. The van der Waals surface area contributed by atoms with Gasteiger partial charge < -0.3 is 9.47 Å². The summed E-state index contributed by atoms with van der Waals surface area (Å²) in [6.07, 6.45) is 0. The molecule has 39 heavy (non-hydrogen) atoms. The first-order chi connectivity index (χ1) is 18.7. The van der Waals surface area contributed by atoms with E-state index in [1.165, 1.54) is 18.2 Å². The minimum Gasteiger partial charge on any atom is -0.457 e. The number of amides is 2. The zero-order chi connectivity index (χ0) is 27.7. The summed E-state index contributed by atoms with van der Waals surface area (Å²) in [5.41, 5.74) is 4.23. The second kappa shape index (κ2) is 10.4. The summed E-state index contributed by atoms with van der Waals surface area (Å²) in [7, 11) is 0. The van der Waals surface area contributed by atoms with E-state index in [9.17, 15) is 19.2 Å². The summed E-state index contributed by atoms with van der Waals surface area (Å²) in [5, 5.41) is 0. The van der Waals surface area contributed by atoms with Gasteiger partial charge in [-0.3, -0.25) is 14.4 Å². The van der Waals surface area contributed by atoms with Crippen LogP contribution in [0.15, 0.2) is 84.9 Å². The third-order valence-electron chi connectivity index (χ3n) is 6.50. The maximum Gasteiger partial charge on any atom is 0.338 e. The normalized spacial score (nSPS) is 12.3. The number of Topliss-reactive ketones (excluding diaryl/α,β-unsaturated/α-hetero) is 1. The van der Waals surface area contributed by atoms with E-state index in [0.29, 0.717) is 17.0 Å². The summed E-state index contributed by atoms with van der Waals surface area (Å²) in [4.78, 5) is 52.2. The maximum absolute atomic E-state index is 13.2. The summed E-state index contributed by atoms with van der Waals surface area (Å²) in [6.45, 7) is 5.41. The molecule has 0 saturated heterocycles. The van der Waals surface area contributed by atoms with Crippen molar-refractivity contribution in [1.29, 1.82) is 0 Å². The Morgan fingerprint density at radius 1 is 0.692 bits per heavy atom. The molecular weight excluding hydrogens is 494 g/mol. The monoisotopic (exact) mass is 519 g/mol. The number of carbonyl (C=O) groups excluding carboxylic acids is 4. The topological polar surface area (TPSA) is 90.0 Å². The maximum atomic E-state index is 13.2. The van der Waals surface area contributed by atoms with Crippen molar-refractivity contribution in [3.8, 4) is 11.5 Å². The van der Waals surface area contributed by atoms with Crippen molar-refractivity contribution < 1.29 is 28.7 Å². The highest BCUT2D eigenvalue weighted by Crippen LogP contribution is 2.32. The number of ketones is 1. The highest BCUT2D eigenvalue weighted by Gasteiger charge is 2.37. The Morgan fingerprint density at radius 3 is 2.05 bits per heavy atom. The highest BCUT2D eigenvalue weighted by atomic mass is 16.5. The number of hydrogen-bond donors (Lipinski definition) is 0. The summed E-state index contributed by atoms with van der Waals surface area (Å²) < 4.78 is 11.1. The van der Waals surface area contributed by atoms with Crippen LogP contribution in [0.5, 0.6) is 11.5 Å². The Morgan fingerprint density at radius 2 is 1.33 bits per heavy atom. The minimum atomic E-state index is -0.759. The predicted molar refractivity (Wildman–Crippen MR) is 146 cm³/mol. The van der Waals surface area contributed by atoms with E-state index < -0.39 is 24.4 Å². The van der Waals surface area contributed by atoms with Crippen molar-refractivity contribution >= 4 is 29.3 Å². The molecule has 1 heterocycles. The van der Waals surface area contributed by atoms with Crippen LogP contribution in [0.2, 0.25) is 0 Å². The molecule has 7 nitrogen and oxygen atoms in total. The molecule has 7 heteroatoms.